The fraction of sp³-hybridized carbons (Fsp3) is 0.533. The zero-order valence-electron chi connectivity index (χ0n) is 24.2. The van der Waals surface area contributed by atoms with Gasteiger partial charge in [-0.1, -0.05) is 42.4 Å². The smallest absolute Gasteiger partial charge is 0.408 e. The summed E-state index contributed by atoms with van der Waals surface area (Å²) in [7, 11) is 0. The third kappa shape index (κ3) is 11.7. The van der Waals surface area contributed by atoms with Crippen LogP contribution in [0.25, 0.3) is 21.6 Å². The molecular formula is C30H42N4O5. The number of ether oxygens (including phenoxy) is 3. The Hall–Kier alpha value is -3.71. The minimum atomic E-state index is -0.890. The molecule has 0 aliphatic rings. The number of nitrogens with zero attached hydrogens (tertiary/aromatic N) is 3. The van der Waals surface area contributed by atoms with Crippen molar-refractivity contribution < 1.29 is 23.8 Å². The van der Waals surface area contributed by atoms with Crippen molar-refractivity contribution in [1.82, 2.24) is 5.32 Å². The Kier molecular flexibility index (Phi) is 11.7. The van der Waals surface area contributed by atoms with Crippen LogP contribution in [-0.4, -0.2) is 42.5 Å². The molecule has 9 heteroatoms. The Morgan fingerprint density at radius 3 is 2.23 bits per heavy atom. The summed E-state index contributed by atoms with van der Waals surface area (Å²) in [5.74, 6) is 0.295. The second kappa shape index (κ2) is 14.4. The molecule has 0 heterocycles. The van der Waals surface area contributed by atoms with Crippen molar-refractivity contribution in [3.05, 3.63) is 64.0 Å². The van der Waals surface area contributed by atoms with Gasteiger partial charge in [-0.15, -0.1) is 0 Å². The minimum absolute atomic E-state index is 0.265. The lowest BCUT2D eigenvalue weighted by atomic mass is 9.96. The van der Waals surface area contributed by atoms with Gasteiger partial charge >= 0.3 is 12.1 Å². The number of nitrogens with one attached hydrogen (secondary N) is 1. The average Bonchev–Trinajstić information content (AvgIpc) is 2.84. The molecule has 2 rings (SSSR count). The third-order valence-corrected chi connectivity index (χ3v) is 5.53. The van der Waals surface area contributed by atoms with Crippen molar-refractivity contribution in [1.29, 1.82) is 0 Å². The van der Waals surface area contributed by atoms with Crippen molar-refractivity contribution in [2.24, 2.45) is 5.11 Å². The topological polar surface area (TPSA) is 123 Å². The van der Waals surface area contributed by atoms with Crippen LogP contribution >= 0.6 is 0 Å². The van der Waals surface area contributed by atoms with E-state index in [-0.39, 0.29) is 6.42 Å². The van der Waals surface area contributed by atoms with Crippen molar-refractivity contribution in [2.75, 3.05) is 13.2 Å². The van der Waals surface area contributed by atoms with Crippen molar-refractivity contribution in [3.8, 4) is 16.9 Å². The van der Waals surface area contributed by atoms with Gasteiger partial charge in [-0.2, -0.15) is 0 Å². The standard InChI is InChI=1S/C30H42N4O5/c1-8-22-20-24(37-18-10-9-17-32-34-31)15-16-25(22)23-13-11-21(12-14-23)19-26(27(35)38-29(2,3)4)33-28(36)39-30(5,6)7/h11-16,20,26H,8-10,17-19H2,1-7H3,(H,33,36)/t26-/m0/s1. The zero-order chi connectivity index (χ0) is 29.1. The van der Waals surface area contributed by atoms with E-state index in [9.17, 15) is 9.59 Å². The van der Waals surface area contributed by atoms with Crippen LogP contribution in [0.15, 0.2) is 47.6 Å². The molecule has 0 unspecified atom stereocenters. The lowest BCUT2D eigenvalue weighted by Gasteiger charge is -2.26. The average molecular weight is 539 g/mol. The van der Waals surface area contributed by atoms with Gasteiger partial charge < -0.3 is 19.5 Å². The van der Waals surface area contributed by atoms with Crippen LogP contribution in [0.4, 0.5) is 4.79 Å². The number of esters is 1. The van der Waals surface area contributed by atoms with Gasteiger partial charge in [0.15, 0.2) is 0 Å². The van der Waals surface area contributed by atoms with Gasteiger partial charge in [-0.3, -0.25) is 0 Å². The maximum absolute atomic E-state index is 12.9. The molecule has 2 aromatic rings. The Balaban J connectivity index is 2.14. The highest BCUT2D eigenvalue weighted by Gasteiger charge is 2.29. The van der Waals surface area contributed by atoms with Crippen LogP contribution in [0.5, 0.6) is 5.75 Å². The predicted octanol–water partition coefficient (Wildman–Crippen LogP) is 7.16. The quantitative estimate of drug-likeness (QED) is 0.101. The Morgan fingerprint density at radius 1 is 0.974 bits per heavy atom. The molecule has 1 N–H and O–H groups in total. The van der Waals surface area contributed by atoms with E-state index >= 15 is 0 Å². The number of carbonyl (C=O) groups excluding carboxylic acids is 2. The van der Waals surface area contributed by atoms with Crippen LogP contribution in [0.3, 0.4) is 0 Å². The maximum atomic E-state index is 12.9. The SMILES string of the molecule is CCc1cc(OCCCCN=[N+]=[N-])ccc1-c1ccc(C[C@H](NC(=O)OC(C)(C)C)C(=O)OC(C)(C)C)cc1. The fourth-order valence-electron chi connectivity index (χ4n) is 3.83. The van der Waals surface area contributed by atoms with Crippen LogP contribution in [0.1, 0.15) is 72.4 Å². The first-order valence-electron chi connectivity index (χ1n) is 13.4. The van der Waals surface area contributed by atoms with Crippen molar-refractivity contribution in [2.45, 2.75) is 91.4 Å². The first-order valence-corrected chi connectivity index (χ1v) is 13.4. The summed E-state index contributed by atoms with van der Waals surface area (Å²) >= 11 is 0. The number of hydrogen-bond acceptors (Lipinski definition) is 6. The van der Waals surface area contributed by atoms with E-state index in [2.05, 4.69) is 34.4 Å². The number of amides is 1. The summed E-state index contributed by atoms with van der Waals surface area (Å²) in [6, 6.07) is 13.1. The highest BCUT2D eigenvalue weighted by molar-refractivity contribution is 5.82. The number of unbranched alkanes of at least 4 members (excludes halogenated alkanes) is 1. The summed E-state index contributed by atoms with van der Waals surface area (Å²) in [6.07, 6.45) is 2.04. The second-order valence-corrected chi connectivity index (χ2v) is 11.3. The molecule has 0 radical (unpaired) electrons. The molecule has 0 fully saturated rings. The normalized spacial score (nSPS) is 12.2. The molecule has 0 bridgehead atoms. The second-order valence-electron chi connectivity index (χ2n) is 11.3. The molecule has 39 heavy (non-hydrogen) atoms. The van der Waals surface area contributed by atoms with E-state index in [1.165, 1.54) is 0 Å². The zero-order valence-corrected chi connectivity index (χ0v) is 24.2. The Morgan fingerprint density at radius 2 is 1.64 bits per heavy atom. The first-order chi connectivity index (χ1) is 18.3. The van der Waals surface area contributed by atoms with Gasteiger partial charge in [0.05, 0.1) is 6.61 Å². The van der Waals surface area contributed by atoms with Gasteiger partial charge in [-0.25, -0.2) is 9.59 Å². The van der Waals surface area contributed by atoms with E-state index in [0.717, 1.165) is 47.3 Å². The minimum Gasteiger partial charge on any atom is -0.494 e. The molecule has 0 aliphatic carbocycles. The summed E-state index contributed by atoms with van der Waals surface area (Å²) in [5, 5.41) is 6.21. The molecule has 1 atom stereocenters. The number of azide groups is 1. The number of aryl methyl sites for hydroxylation is 1. The fourth-order valence-corrected chi connectivity index (χ4v) is 3.83. The molecule has 1 amide bonds. The van der Waals surface area contributed by atoms with Gasteiger partial charge in [-0.05, 0) is 101 Å². The Bertz CT molecular complexity index is 1140. The molecule has 2 aromatic carbocycles. The summed E-state index contributed by atoms with van der Waals surface area (Å²) in [6.45, 7) is 13.8. The molecule has 0 spiro atoms. The largest absolute Gasteiger partial charge is 0.494 e. The lowest BCUT2D eigenvalue weighted by Crippen LogP contribution is -2.47. The Labute approximate surface area is 231 Å². The monoisotopic (exact) mass is 538 g/mol. The third-order valence-electron chi connectivity index (χ3n) is 5.53. The summed E-state index contributed by atoms with van der Waals surface area (Å²) in [5.41, 5.74) is 11.2. The van der Waals surface area contributed by atoms with Crippen LogP contribution < -0.4 is 10.1 Å². The molecule has 212 valence electrons. The van der Waals surface area contributed by atoms with Gasteiger partial charge in [0.25, 0.3) is 0 Å². The number of rotatable bonds is 12. The van der Waals surface area contributed by atoms with Gasteiger partial charge in [0, 0.05) is 17.9 Å². The number of alkyl carbamates (subject to hydrolysis) is 1. The van der Waals surface area contributed by atoms with Crippen molar-refractivity contribution in [3.63, 3.8) is 0 Å². The molecule has 0 saturated heterocycles. The summed E-state index contributed by atoms with van der Waals surface area (Å²) in [4.78, 5) is 28.1. The molecular weight excluding hydrogens is 496 g/mol. The van der Waals surface area contributed by atoms with E-state index in [1.54, 1.807) is 41.5 Å². The lowest BCUT2D eigenvalue weighted by molar-refractivity contribution is -0.157. The van der Waals surface area contributed by atoms with E-state index < -0.39 is 29.3 Å². The van der Waals surface area contributed by atoms with E-state index in [4.69, 9.17) is 19.7 Å². The maximum Gasteiger partial charge on any atom is 0.408 e. The van der Waals surface area contributed by atoms with E-state index in [0.29, 0.717) is 13.2 Å². The molecule has 9 nitrogen and oxygen atoms in total. The van der Waals surface area contributed by atoms with Gasteiger partial charge in [0.1, 0.15) is 23.0 Å². The van der Waals surface area contributed by atoms with Crippen molar-refractivity contribution >= 4 is 12.1 Å². The number of carbonyl (C=O) groups is 2. The number of benzene rings is 2. The number of hydrogen-bond donors (Lipinski definition) is 1. The van der Waals surface area contributed by atoms with Crippen LogP contribution in [0.2, 0.25) is 0 Å². The highest BCUT2D eigenvalue weighted by Crippen LogP contribution is 2.29. The molecule has 0 aromatic heterocycles. The van der Waals surface area contributed by atoms with E-state index in [1.807, 2.05) is 30.3 Å². The van der Waals surface area contributed by atoms with Crippen LogP contribution in [0, 0.1) is 0 Å². The summed E-state index contributed by atoms with van der Waals surface area (Å²) < 4.78 is 16.8. The predicted molar refractivity (Wildman–Crippen MR) is 153 cm³/mol. The van der Waals surface area contributed by atoms with Gasteiger partial charge in [0.2, 0.25) is 0 Å². The molecule has 0 aliphatic heterocycles. The molecule has 0 saturated carbocycles. The first kappa shape index (κ1) is 31.5. The van der Waals surface area contributed by atoms with Crippen LogP contribution in [-0.2, 0) is 27.1 Å². The highest BCUT2D eigenvalue weighted by atomic mass is 16.6.